The molecule has 1 aliphatic carbocycles. The van der Waals surface area contributed by atoms with Crippen LogP contribution in [0.2, 0.25) is 0 Å². The quantitative estimate of drug-likeness (QED) is 0.853. The third-order valence-electron chi connectivity index (χ3n) is 3.91. The summed E-state index contributed by atoms with van der Waals surface area (Å²) in [6.45, 7) is 4.38. The number of hydrogen-bond donors (Lipinski definition) is 1. The molecule has 0 heterocycles. The van der Waals surface area contributed by atoms with Crippen molar-refractivity contribution in [2.45, 2.75) is 50.5 Å². The summed E-state index contributed by atoms with van der Waals surface area (Å²) in [5.41, 5.74) is 0. The first-order valence-electron chi connectivity index (χ1n) is 7.38. The summed E-state index contributed by atoms with van der Waals surface area (Å²) in [7, 11) is -3.57. The number of sulfonamides is 1. The fourth-order valence-corrected chi connectivity index (χ4v) is 4.78. The van der Waals surface area contributed by atoms with Crippen molar-refractivity contribution in [1.82, 2.24) is 4.72 Å². The Kier molecular flexibility index (Phi) is 5.68. The first-order valence-corrected chi connectivity index (χ1v) is 9.66. The average Bonchev–Trinajstić information content (AvgIpc) is 2.43. The molecule has 0 radical (unpaired) electrons. The summed E-state index contributed by atoms with van der Waals surface area (Å²) in [6.07, 6.45) is 4.23. The highest BCUT2D eigenvalue weighted by atomic mass is 79.9. The second-order valence-corrected chi connectivity index (χ2v) is 8.11. The van der Waals surface area contributed by atoms with Crippen LogP contribution in [0.5, 0.6) is 5.75 Å². The van der Waals surface area contributed by atoms with Crippen LogP contribution >= 0.6 is 15.9 Å². The lowest BCUT2D eigenvalue weighted by molar-refractivity contribution is 0.308. The van der Waals surface area contributed by atoms with Gasteiger partial charge in [-0.05, 0) is 43.9 Å². The van der Waals surface area contributed by atoms with Crippen molar-refractivity contribution in [1.29, 1.82) is 0 Å². The topological polar surface area (TPSA) is 55.4 Å². The van der Waals surface area contributed by atoms with Crippen LogP contribution < -0.4 is 9.46 Å². The number of benzene rings is 1. The van der Waals surface area contributed by atoms with Gasteiger partial charge in [-0.2, -0.15) is 0 Å². The van der Waals surface area contributed by atoms with Crippen LogP contribution in [0.15, 0.2) is 27.6 Å². The molecular weight excluding hydrogens is 354 g/mol. The molecule has 0 spiro atoms. The van der Waals surface area contributed by atoms with Gasteiger partial charge in [-0.15, -0.1) is 0 Å². The second kappa shape index (κ2) is 7.11. The SMILES string of the molecule is CCOc1ccc(Br)cc1S(=O)(=O)NC1CCCCC1C. The Morgan fingerprint density at radius 3 is 2.71 bits per heavy atom. The largest absolute Gasteiger partial charge is 0.492 e. The van der Waals surface area contributed by atoms with Crippen LogP contribution in [0.1, 0.15) is 39.5 Å². The lowest BCUT2D eigenvalue weighted by atomic mass is 9.87. The lowest BCUT2D eigenvalue weighted by Crippen LogP contribution is -2.41. The Balaban J connectivity index is 2.28. The average molecular weight is 376 g/mol. The highest BCUT2D eigenvalue weighted by molar-refractivity contribution is 9.10. The Morgan fingerprint density at radius 2 is 2.05 bits per heavy atom. The van der Waals surface area contributed by atoms with Gasteiger partial charge in [0.15, 0.2) is 0 Å². The molecule has 2 rings (SSSR count). The van der Waals surface area contributed by atoms with E-state index in [1.54, 1.807) is 18.2 Å². The standard InChI is InChI=1S/C15H22BrNO3S/c1-3-20-14-9-8-12(16)10-15(14)21(18,19)17-13-7-5-4-6-11(13)2/h8-11,13,17H,3-7H2,1-2H3. The molecule has 118 valence electrons. The van der Waals surface area contributed by atoms with Gasteiger partial charge in [-0.1, -0.05) is 35.7 Å². The summed E-state index contributed by atoms with van der Waals surface area (Å²) in [5, 5.41) is 0. The molecule has 1 aromatic carbocycles. The van der Waals surface area contributed by atoms with Crippen molar-refractivity contribution in [2.24, 2.45) is 5.92 Å². The molecule has 0 amide bonds. The summed E-state index contributed by atoms with van der Waals surface area (Å²) < 4.78 is 34.4. The summed E-state index contributed by atoms with van der Waals surface area (Å²) in [6, 6.07) is 5.08. The molecule has 1 aliphatic rings. The van der Waals surface area contributed by atoms with Gasteiger partial charge in [-0.25, -0.2) is 13.1 Å². The third-order valence-corrected chi connectivity index (χ3v) is 5.92. The fraction of sp³-hybridized carbons (Fsp3) is 0.600. The first-order chi connectivity index (χ1) is 9.94. The molecule has 2 atom stereocenters. The van der Waals surface area contributed by atoms with Crippen molar-refractivity contribution in [3.05, 3.63) is 22.7 Å². The highest BCUT2D eigenvalue weighted by Crippen LogP contribution is 2.30. The number of halogens is 1. The molecule has 6 heteroatoms. The van der Waals surface area contributed by atoms with E-state index >= 15 is 0 Å². The van der Waals surface area contributed by atoms with Crippen molar-refractivity contribution >= 4 is 26.0 Å². The summed E-state index contributed by atoms with van der Waals surface area (Å²) >= 11 is 3.33. The fourth-order valence-electron chi connectivity index (χ4n) is 2.72. The van der Waals surface area contributed by atoms with E-state index in [9.17, 15) is 8.42 Å². The second-order valence-electron chi connectivity index (χ2n) is 5.51. The summed E-state index contributed by atoms with van der Waals surface area (Å²) in [4.78, 5) is 0.205. The highest BCUT2D eigenvalue weighted by Gasteiger charge is 2.28. The van der Waals surface area contributed by atoms with Crippen LogP contribution in [-0.4, -0.2) is 21.1 Å². The number of ether oxygens (including phenoxy) is 1. The molecular formula is C15H22BrNO3S. The minimum absolute atomic E-state index is 0.0113. The van der Waals surface area contributed by atoms with Crippen LogP contribution in [-0.2, 0) is 10.0 Å². The summed E-state index contributed by atoms with van der Waals surface area (Å²) in [5.74, 6) is 0.771. The van der Waals surface area contributed by atoms with E-state index in [1.165, 1.54) is 6.42 Å². The number of hydrogen-bond acceptors (Lipinski definition) is 3. The molecule has 21 heavy (non-hydrogen) atoms. The zero-order chi connectivity index (χ0) is 15.5. The van der Waals surface area contributed by atoms with Crippen molar-refractivity contribution in [3.63, 3.8) is 0 Å². The first kappa shape index (κ1) is 16.8. The molecule has 0 aromatic heterocycles. The van der Waals surface area contributed by atoms with Gasteiger partial charge in [0, 0.05) is 10.5 Å². The van der Waals surface area contributed by atoms with Crippen LogP contribution in [0.4, 0.5) is 0 Å². The normalized spacial score (nSPS) is 23.0. The van der Waals surface area contributed by atoms with E-state index < -0.39 is 10.0 Å². The van der Waals surface area contributed by atoms with E-state index in [4.69, 9.17) is 4.74 Å². The smallest absolute Gasteiger partial charge is 0.244 e. The molecule has 0 bridgehead atoms. The minimum Gasteiger partial charge on any atom is -0.492 e. The van der Waals surface area contributed by atoms with Crippen molar-refractivity contribution < 1.29 is 13.2 Å². The van der Waals surface area contributed by atoms with E-state index in [-0.39, 0.29) is 10.9 Å². The van der Waals surface area contributed by atoms with Gasteiger partial charge in [0.05, 0.1) is 6.61 Å². The molecule has 2 unspecified atom stereocenters. The predicted molar refractivity (Wildman–Crippen MR) is 87.1 cm³/mol. The molecule has 1 N–H and O–H groups in total. The molecule has 4 nitrogen and oxygen atoms in total. The van der Waals surface area contributed by atoms with Crippen LogP contribution in [0, 0.1) is 5.92 Å². The van der Waals surface area contributed by atoms with Gasteiger partial charge in [0.1, 0.15) is 10.6 Å². The Hall–Kier alpha value is -0.590. The van der Waals surface area contributed by atoms with Gasteiger partial charge in [-0.3, -0.25) is 0 Å². The Bertz CT molecular complexity index is 589. The maximum atomic E-state index is 12.7. The maximum Gasteiger partial charge on any atom is 0.244 e. The van der Waals surface area contributed by atoms with E-state index in [0.717, 1.165) is 23.7 Å². The molecule has 1 fully saturated rings. The van der Waals surface area contributed by atoms with Gasteiger partial charge in [0.2, 0.25) is 10.0 Å². The molecule has 0 aliphatic heterocycles. The van der Waals surface area contributed by atoms with Crippen molar-refractivity contribution in [3.8, 4) is 5.75 Å². The van der Waals surface area contributed by atoms with Crippen LogP contribution in [0.3, 0.4) is 0 Å². The number of rotatable bonds is 5. The Morgan fingerprint density at radius 1 is 1.33 bits per heavy atom. The van der Waals surface area contributed by atoms with Gasteiger partial charge >= 0.3 is 0 Å². The van der Waals surface area contributed by atoms with Crippen LogP contribution in [0.25, 0.3) is 0 Å². The minimum atomic E-state index is -3.57. The predicted octanol–water partition coefficient (Wildman–Crippen LogP) is 3.70. The molecule has 1 aromatic rings. The zero-order valence-electron chi connectivity index (χ0n) is 12.4. The van der Waals surface area contributed by atoms with E-state index in [2.05, 4.69) is 27.6 Å². The molecule has 0 saturated heterocycles. The number of nitrogens with one attached hydrogen (secondary N) is 1. The lowest BCUT2D eigenvalue weighted by Gasteiger charge is -2.29. The third kappa shape index (κ3) is 4.20. The van der Waals surface area contributed by atoms with E-state index in [0.29, 0.717) is 18.3 Å². The van der Waals surface area contributed by atoms with Gasteiger partial charge < -0.3 is 4.74 Å². The Labute approximate surface area is 135 Å². The van der Waals surface area contributed by atoms with Crippen molar-refractivity contribution in [2.75, 3.05) is 6.61 Å². The zero-order valence-corrected chi connectivity index (χ0v) is 14.8. The maximum absolute atomic E-state index is 12.7. The monoisotopic (exact) mass is 375 g/mol. The van der Waals surface area contributed by atoms with E-state index in [1.807, 2.05) is 6.92 Å². The van der Waals surface area contributed by atoms with Gasteiger partial charge in [0.25, 0.3) is 0 Å². The molecule has 1 saturated carbocycles.